The van der Waals surface area contributed by atoms with Crippen molar-refractivity contribution in [2.75, 3.05) is 18.8 Å². The zero-order valence-corrected chi connectivity index (χ0v) is 16.3. The Bertz CT molecular complexity index is 822. The molecule has 0 unspecified atom stereocenters. The van der Waals surface area contributed by atoms with Crippen LogP contribution in [0.1, 0.15) is 43.5 Å². The molecule has 2 aromatic rings. The quantitative estimate of drug-likeness (QED) is 0.491. The van der Waals surface area contributed by atoms with Crippen molar-refractivity contribution in [3.05, 3.63) is 35.7 Å². The van der Waals surface area contributed by atoms with E-state index in [9.17, 15) is 13.2 Å². The Labute approximate surface area is 166 Å². The van der Waals surface area contributed by atoms with Crippen molar-refractivity contribution in [2.45, 2.75) is 50.0 Å². The van der Waals surface area contributed by atoms with Crippen molar-refractivity contribution in [1.82, 2.24) is 19.7 Å². The summed E-state index contributed by atoms with van der Waals surface area (Å²) in [7, 11) is 0. The molecule has 3 rings (SSSR count). The number of piperidine rings is 1. The Kier molecular flexibility index (Phi) is 6.97. The van der Waals surface area contributed by atoms with E-state index in [-0.39, 0.29) is 5.69 Å². The van der Waals surface area contributed by atoms with Gasteiger partial charge in [-0.25, -0.2) is 0 Å². The summed E-state index contributed by atoms with van der Waals surface area (Å²) >= 11 is 1.34. The third-order valence-electron chi connectivity index (χ3n) is 4.63. The highest BCUT2D eigenvalue weighted by Gasteiger charge is 2.35. The first-order chi connectivity index (χ1) is 13.5. The Morgan fingerprint density at radius 3 is 2.57 bits per heavy atom. The average Bonchev–Trinajstić information content (AvgIpc) is 3.07. The van der Waals surface area contributed by atoms with Gasteiger partial charge in [0.05, 0.1) is 23.9 Å². The van der Waals surface area contributed by atoms with Gasteiger partial charge in [0, 0.05) is 12.2 Å². The van der Waals surface area contributed by atoms with Crippen LogP contribution in [0.2, 0.25) is 0 Å². The first-order valence-electron chi connectivity index (χ1n) is 9.33. The summed E-state index contributed by atoms with van der Waals surface area (Å²) in [6, 6.07) is 7.61. The number of thioether (sulfide) groups is 1. The van der Waals surface area contributed by atoms with E-state index < -0.39 is 11.7 Å². The fourth-order valence-electron chi connectivity index (χ4n) is 3.28. The van der Waals surface area contributed by atoms with Crippen LogP contribution in [0, 0.1) is 11.3 Å². The molecular formula is C19H22F3N5S. The number of nitriles is 1. The average molecular weight is 409 g/mol. The number of aromatic nitrogens is 3. The lowest BCUT2D eigenvalue weighted by Crippen LogP contribution is -2.30. The van der Waals surface area contributed by atoms with Gasteiger partial charge in [-0.2, -0.15) is 18.4 Å². The summed E-state index contributed by atoms with van der Waals surface area (Å²) in [4.78, 5) is 2.21. The molecule has 1 aromatic heterocycles. The summed E-state index contributed by atoms with van der Waals surface area (Å²) in [5, 5.41) is 17.5. The van der Waals surface area contributed by atoms with Gasteiger partial charge in [0.25, 0.3) is 0 Å². The Morgan fingerprint density at radius 1 is 1.11 bits per heavy atom. The molecule has 150 valence electrons. The van der Waals surface area contributed by atoms with Gasteiger partial charge in [0.1, 0.15) is 0 Å². The monoisotopic (exact) mass is 409 g/mol. The number of benzene rings is 1. The molecule has 0 bridgehead atoms. The van der Waals surface area contributed by atoms with Gasteiger partial charge in [0.2, 0.25) is 0 Å². The number of likely N-dealkylation sites (tertiary alicyclic amines) is 1. The lowest BCUT2D eigenvalue weighted by molar-refractivity contribution is -0.137. The summed E-state index contributed by atoms with van der Waals surface area (Å²) < 4.78 is 42.4. The second kappa shape index (κ2) is 9.43. The molecule has 0 atom stereocenters. The molecule has 1 aliphatic heterocycles. The topological polar surface area (TPSA) is 57.7 Å². The SMILES string of the molecule is N#CCCCSc1nnc(CN2CCCCC2)n1-c1ccccc1C(F)(F)F. The standard InChI is InChI=1S/C19H22F3N5S/c20-19(21,22)15-8-2-3-9-16(15)27-17(14-26-11-5-1-6-12-26)24-25-18(27)28-13-7-4-10-23/h2-3,8-9H,1,4-7,11-14H2. The van der Waals surface area contributed by atoms with Crippen LogP contribution in [-0.2, 0) is 12.7 Å². The smallest absolute Gasteiger partial charge is 0.296 e. The van der Waals surface area contributed by atoms with E-state index in [1.807, 2.05) is 0 Å². The van der Waals surface area contributed by atoms with Crippen LogP contribution in [0.4, 0.5) is 13.2 Å². The third-order valence-corrected chi connectivity index (χ3v) is 5.64. The lowest BCUT2D eigenvalue weighted by Gasteiger charge is -2.26. The summed E-state index contributed by atoms with van der Waals surface area (Å²) in [6.07, 6.45) is -0.0600. The summed E-state index contributed by atoms with van der Waals surface area (Å²) in [5.74, 6) is 1.12. The predicted molar refractivity (Wildman–Crippen MR) is 101 cm³/mol. The Morgan fingerprint density at radius 2 is 1.86 bits per heavy atom. The molecule has 5 nitrogen and oxygen atoms in total. The molecule has 1 saturated heterocycles. The van der Waals surface area contributed by atoms with Crippen molar-refractivity contribution >= 4 is 11.8 Å². The van der Waals surface area contributed by atoms with Crippen LogP contribution in [0.15, 0.2) is 29.4 Å². The zero-order valence-electron chi connectivity index (χ0n) is 15.5. The van der Waals surface area contributed by atoms with E-state index in [1.165, 1.54) is 34.9 Å². The van der Waals surface area contributed by atoms with Crippen molar-refractivity contribution in [1.29, 1.82) is 5.26 Å². The fraction of sp³-hybridized carbons (Fsp3) is 0.526. The molecule has 1 fully saturated rings. The summed E-state index contributed by atoms with van der Waals surface area (Å²) in [6.45, 7) is 2.30. The number of nitrogens with zero attached hydrogens (tertiary/aromatic N) is 5. The van der Waals surface area contributed by atoms with Gasteiger partial charge < -0.3 is 0 Å². The number of unbranched alkanes of at least 4 members (excludes halogenated alkanes) is 1. The maximum atomic E-state index is 13.6. The van der Waals surface area contributed by atoms with E-state index in [2.05, 4.69) is 21.2 Å². The predicted octanol–water partition coefficient (Wildman–Crippen LogP) is 4.67. The van der Waals surface area contributed by atoms with Crippen LogP contribution in [0.5, 0.6) is 0 Å². The third kappa shape index (κ3) is 5.06. The molecule has 2 heterocycles. The highest BCUT2D eigenvalue weighted by molar-refractivity contribution is 7.99. The first-order valence-corrected chi connectivity index (χ1v) is 10.3. The number of hydrogen-bond donors (Lipinski definition) is 0. The minimum Gasteiger partial charge on any atom is -0.296 e. The van der Waals surface area contributed by atoms with Crippen LogP contribution in [0.3, 0.4) is 0 Å². The molecule has 0 spiro atoms. The molecule has 1 aliphatic rings. The van der Waals surface area contributed by atoms with E-state index in [0.717, 1.165) is 32.0 Å². The minimum atomic E-state index is -4.47. The van der Waals surface area contributed by atoms with Crippen molar-refractivity contribution in [3.63, 3.8) is 0 Å². The van der Waals surface area contributed by atoms with Crippen LogP contribution < -0.4 is 0 Å². The molecule has 0 N–H and O–H groups in total. The Hall–Kier alpha value is -2.05. The Balaban J connectivity index is 1.96. The molecule has 0 radical (unpaired) electrons. The molecule has 1 aromatic carbocycles. The zero-order chi connectivity index (χ0) is 20.0. The van der Waals surface area contributed by atoms with E-state index >= 15 is 0 Å². The fourth-order valence-corrected chi connectivity index (χ4v) is 4.18. The number of rotatable bonds is 7. The van der Waals surface area contributed by atoms with E-state index in [1.54, 1.807) is 6.07 Å². The van der Waals surface area contributed by atoms with Gasteiger partial charge in [0.15, 0.2) is 11.0 Å². The summed E-state index contributed by atoms with van der Waals surface area (Å²) in [5.41, 5.74) is -0.650. The number of halogens is 3. The van der Waals surface area contributed by atoms with E-state index in [0.29, 0.717) is 36.1 Å². The number of para-hydroxylation sites is 1. The van der Waals surface area contributed by atoms with Crippen molar-refractivity contribution in [3.8, 4) is 11.8 Å². The van der Waals surface area contributed by atoms with Gasteiger partial charge in [-0.3, -0.25) is 9.47 Å². The number of hydrogen-bond acceptors (Lipinski definition) is 5. The maximum absolute atomic E-state index is 13.6. The second-order valence-electron chi connectivity index (χ2n) is 6.70. The molecule has 0 aliphatic carbocycles. The maximum Gasteiger partial charge on any atom is 0.418 e. The highest BCUT2D eigenvalue weighted by atomic mass is 32.2. The van der Waals surface area contributed by atoms with Gasteiger partial charge in [-0.1, -0.05) is 30.3 Å². The van der Waals surface area contributed by atoms with Gasteiger partial charge >= 0.3 is 6.18 Å². The molecule has 9 heteroatoms. The van der Waals surface area contributed by atoms with Crippen molar-refractivity contribution in [2.24, 2.45) is 0 Å². The van der Waals surface area contributed by atoms with E-state index in [4.69, 9.17) is 5.26 Å². The highest BCUT2D eigenvalue weighted by Crippen LogP contribution is 2.36. The molecule has 0 saturated carbocycles. The minimum absolute atomic E-state index is 0.0507. The molecular weight excluding hydrogens is 387 g/mol. The normalized spacial score (nSPS) is 15.5. The van der Waals surface area contributed by atoms with Crippen LogP contribution in [-0.4, -0.2) is 38.5 Å². The van der Waals surface area contributed by atoms with Crippen LogP contribution >= 0.6 is 11.8 Å². The lowest BCUT2D eigenvalue weighted by atomic mass is 10.1. The molecule has 0 amide bonds. The van der Waals surface area contributed by atoms with Crippen LogP contribution in [0.25, 0.3) is 5.69 Å². The number of alkyl halides is 3. The largest absolute Gasteiger partial charge is 0.418 e. The van der Waals surface area contributed by atoms with Crippen molar-refractivity contribution < 1.29 is 13.2 Å². The first kappa shape index (κ1) is 20.7. The molecule has 28 heavy (non-hydrogen) atoms. The van der Waals surface area contributed by atoms with Gasteiger partial charge in [-0.05, 0) is 44.5 Å². The van der Waals surface area contributed by atoms with Gasteiger partial charge in [-0.15, -0.1) is 10.2 Å². The second-order valence-corrected chi connectivity index (χ2v) is 7.76.